The van der Waals surface area contributed by atoms with E-state index < -0.39 is 0 Å². The summed E-state index contributed by atoms with van der Waals surface area (Å²) in [6, 6.07) is 1.67. The number of hydrogen-bond donors (Lipinski definition) is 1. The molecule has 0 aromatic carbocycles. The van der Waals surface area contributed by atoms with Gasteiger partial charge in [-0.25, -0.2) is 0 Å². The maximum atomic E-state index is 11.9. The van der Waals surface area contributed by atoms with Gasteiger partial charge in [-0.1, -0.05) is 10.3 Å². The van der Waals surface area contributed by atoms with Crippen LogP contribution in [0.5, 0.6) is 0 Å². The van der Waals surface area contributed by atoms with Crippen LogP contribution in [-0.2, 0) is 11.3 Å². The fourth-order valence-electron chi connectivity index (χ4n) is 1.91. The third kappa shape index (κ3) is 3.45. The predicted octanol–water partition coefficient (Wildman–Crippen LogP) is 1.66. The Labute approximate surface area is 116 Å². The average molecular weight is 278 g/mol. The van der Waals surface area contributed by atoms with Crippen LogP contribution in [0.3, 0.4) is 0 Å². The summed E-state index contributed by atoms with van der Waals surface area (Å²) in [4.78, 5) is 13.7. The normalized spacial score (nSPS) is 11.1. The number of aromatic nitrogens is 2. The molecule has 2 aromatic heterocycles. The van der Waals surface area contributed by atoms with Gasteiger partial charge in [-0.05, 0) is 27.8 Å². The summed E-state index contributed by atoms with van der Waals surface area (Å²) >= 11 is 0. The van der Waals surface area contributed by atoms with Gasteiger partial charge in [0.25, 0.3) is 0 Å². The van der Waals surface area contributed by atoms with E-state index in [0.29, 0.717) is 18.1 Å². The molecule has 2 heterocycles. The second kappa shape index (κ2) is 5.87. The summed E-state index contributed by atoms with van der Waals surface area (Å²) in [6.45, 7) is 6.37. The van der Waals surface area contributed by atoms with E-state index >= 15 is 0 Å². The number of nitrogens with one attached hydrogen (secondary N) is 1. The molecule has 1 N–H and O–H groups in total. The first kappa shape index (κ1) is 14.3. The number of nitrogens with zero attached hydrogens (tertiary/aromatic N) is 3. The molecule has 0 radical (unpaired) electrons. The lowest BCUT2D eigenvalue weighted by Gasteiger charge is -2.15. The van der Waals surface area contributed by atoms with E-state index in [0.717, 1.165) is 17.0 Å². The average Bonchev–Trinajstić information content (AvgIpc) is 2.89. The molecule has 108 valence electrons. The zero-order valence-electron chi connectivity index (χ0n) is 12.1. The van der Waals surface area contributed by atoms with Crippen molar-refractivity contribution in [2.75, 3.05) is 18.9 Å². The molecular weight excluding hydrogens is 260 g/mol. The van der Waals surface area contributed by atoms with Gasteiger partial charge in [0.2, 0.25) is 5.91 Å². The lowest BCUT2D eigenvalue weighted by Crippen LogP contribution is -2.30. The molecule has 0 aliphatic carbocycles. The van der Waals surface area contributed by atoms with E-state index in [1.807, 2.05) is 25.8 Å². The molecule has 0 saturated carbocycles. The van der Waals surface area contributed by atoms with Gasteiger partial charge in [0.1, 0.15) is 11.5 Å². The van der Waals surface area contributed by atoms with E-state index in [1.54, 1.807) is 13.0 Å². The number of anilines is 1. The molecule has 2 rings (SSSR count). The van der Waals surface area contributed by atoms with Crippen molar-refractivity contribution in [2.24, 2.45) is 0 Å². The minimum absolute atomic E-state index is 0.146. The van der Waals surface area contributed by atoms with Gasteiger partial charge < -0.3 is 14.4 Å². The quantitative estimate of drug-likeness (QED) is 0.895. The lowest BCUT2D eigenvalue weighted by atomic mass is 10.2. The standard InChI is InChI=1S/C13H18N4O3/c1-8-5-12(16-19-8)14-13(18)7-17(4)6-11-9(2)15-20-10(11)3/h5H,6-7H2,1-4H3,(H,14,16,18). The largest absolute Gasteiger partial charge is 0.361 e. The van der Waals surface area contributed by atoms with Crippen molar-refractivity contribution in [1.82, 2.24) is 15.2 Å². The fraction of sp³-hybridized carbons (Fsp3) is 0.462. The highest BCUT2D eigenvalue weighted by atomic mass is 16.5. The summed E-state index contributed by atoms with van der Waals surface area (Å²) in [6.07, 6.45) is 0. The molecule has 0 unspecified atom stereocenters. The Kier molecular flexibility index (Phi) is 4.19. The maximum Gasteiger partial charge on any atom is 0.239 e. The van der Waals surface area contributed by atoms with Gasteiger partial charge in [-0.2, -0.15) is 0 Å². The molecule has 20 heavy (non-hydrogen) atoms. The first-order valence-corrected chi connectivity index (χ1v) is 6.29. The minimum atomic E-state index is -0.146. The van der Waals surface area contributed by atoms with E-state index in [9.17, 15) is 4.79 Å². The van der Waals surface area contributed by atoms with Crippen LogP contribution in [-0.4, -0.2) is 34.7 Å². The van der Waals surface area contributed by atoms with Crippen molar-refractivity contribution < 1.29 is 13.8 Å². The van der Waals surface area contributed by atoms with Crippen molar-refractivity contribution in [3.8, 4) is 0 Å². The molecule has 0 aliphatic heterocycles. The number of likely N-dealkylation sites (N-methyl/N-ethyl adjacent to an activating group) is 1. The Morgan fingerprint density at radius 3 is 2.60 bits per heavy atom. The molecule has 0 aliphatic rings. The third-order valence-corrected chi connectivity index (χ3v) is 2.92. The van der Waals surface area contributed by atoms with Crippen LogP contribution in [0.2, 0.25) is 0 Å². The van der Waals surface area contributed by atoms with Gasteiger partial charge >= 0.3 is 0 Å². The van der Waals surface area contributed by atoms with Gasteiger partial charge in [-0.15, -0.1) is 0 Å². The van der Waals surface area contributed by atoms with Gasteiger partial charge in [-0.3, -0.25) is 9.69 Å². The first-order valence-electron chi connectivity index (χ1n) is 6.29. The highest BCUT2D eigenvalue weighted by molar-refractivity contribution is 5.91. The Hall–Kier alpha value is -2.15. The summed E-state index contributed by atoms with van der Waals surface area (Å²) in [5, 5.41) is 10.3. The van der Waals surface area contributed by atoms with Crippen LogP contribution in [0.25, 0.3) is 0 Å². The van der Waals surface area contributed by atoms with Crippen molar-refractivity contribution >= 4 is 11.7 Å². The summed E-state index contributed by atoms with van der Waals surface area (Å²) in [5.74, 6) is 1.72. The van der Waals surface area contributed by atoms with Gasteiger partial charge in [0.15, 0.2) is 5.82 Å². The van der Waals surface area contributed by atoms with E-state index in [1.165, 1.54) is 0 Å². The molecule has 1 amide bonds. The van der Waals surface area contributed by atoms with Gasteiger partial charge in [0.05, 0.1) is 12.2 Å². The molecule has 0 bridgehead atoms. The number of carbonyl (C=O) groups excluding carboxylic acids is 1. The first-order chi connectivity index (χ1) is 9.45. The molecular formula is C13H18N4O3. The summed E-state index contributed by atoms with van der Waals surface area (Å²) in [7, 11) is 1.86. The van der Waals surface area contributed by atoms with E-state index in [4.69, 9.17) is 9.05 Å². The molecule has 0 spiro atoms. The zero-order chi connectivity index (χ0) is 14.7. The Morgan fingerprint density at radius 1 is 1.30 bits per heavy atom. The smallest absolute Gasteiger partial charge is 0.239 e. The summed E-state index contributed by atoms with van der Waals surface area (Å²) in [5.41, 5.74) is 1.86. The Morgan fingerprint density at radius 2 is 2.05 bits per heavy atom. The monoisotopic (exact) mass is 278 g/mol. The van der Waals surface area contributed by atoms with Crippen LogP contribution < -0.4 is 5.32 Å². The van der Waals surface area contributed by atoms with Crippen LogP contribution >= 0.6 is 0 Å². The summed E-state index contributed by atoms with van der Waals surface area (Å²) < 4.78 is 9.99. The fourth-order valence-corrected chi connectivity index (χ4v) is 1.91. The minimum Gasteiger partial charge on any atom is -0.361 e. The maximum absolute atomic E-state index is 11.9. The van der Waals surface area contributed by atoms with Crippen LogP contribution in [0.1, 0.15) is 22.8 Å². The van der Waals surface area contributed by atoms with Gasteiger partial charge in [0, 0.05) is 18.2 Å². The van der Waals surface area contributed by atoms with Crippen LogP contribution in [0, 0.1) is 20.8 Å². The number of aryl methyl sites for hydroxylation is 3. The Balaban J connectivity index is 1.88. The third-order valence-electron chi connectivity index (χ3n) is 2.92. The van der Waals surface area contributed by atoms with E-state index in [2.05, 4.69) is 15.6 Å². The topological polar surface area (TPSA) is 84.4 Å². The predicted molar refractivity (Wildman–Crippen MR) is 72.2 cm³/mol. The van der Waals surface area contributed by atoms with Crippen molar-refractivity contribution in [3.05, 3.63) is 28.8 Å². The number of carbonyl (C=O) groups is 1. The van der Waals surface area contributed by atoms with Crippen LogP contribution in [0.15, 0.2) is 15.1 Å². The van der Waals surface area contributed by atoms with Crippen LogP contribution in [0.4, 0.5) is 5.82 Å². The Bertz CT molecular complexity index is 583. The lowest BCUT2D eigenvalue weighted by molar-refractivity contribution is -0.117. The molecule has 0 saturated heterocycles. The number of hydrogen-bond acceptors (Lipinski definition) is 6. The molecule has 0 atom stereocenters. The molecule has 2 aromatic rings. The molecule has 0 fully saturated rings. The number of rotatable bonds is 5. The highest BCUT2D eigenvalue weighted by Crippen LogP contribution is 2.14. The van der Waals surface area contributed by atoms with Crippen molar-refractivity contribution in [3.63, 3.8) is 0 Å². The zero-order valence-corrected chi connectivity index (χ0v) is 12.1. The second-order valence-electron chi connectivity index (χ2n) is 4.85. The number of amides is 1. The van der Waals surface area contributed by atoms with Crippen molar-refractivity contribution in [2.45, 2.75) is 27.3 Å². The second-order valence-corrected chi connectivity index (χ2v) is 4.85. The molecule has 7 heteroatoms. The molecule has 7 nitrogen and oxygen atoms in total. The SMILES string of the molecule is Cc1cc(NC(=O)CN(C)Cc2c(C)noc2C)no1. The van der Waals surface area contributed by atoms with E-state index in [-0.39, 0.29) is 12.5 Å². The van der Waals surface area contributed by atoms with Crippen molar-refractivity contribution in [1.29, 1.82) is 0 Å². The highest BCUT2D eigenvalue weighted by Gasteiger charge is 2.14.